The van der Waals surface area contributed by atoms with Crippen LogP contribution < -0.4 is 0 Å². The summed E-state index contributed by atoms with van der Waals surface area (Å²) in [7, 11) is 0. The van der Waals surface area contributed by atoms with Crippen molar-refractivity contribution in [1.82, 2.24) is 19.3 Å². The first-order chi connectivity index (χ1) is 11.2. The molecule has 4 nitrogen and oxygen atoms in total. The maximum Gasteiger partial charge on any atom is 0.123 e. The summed E-state index contributed by atoms with van der Waals surface area (Å²) < 4.78 is 2.23. The zero-order valence-electron chi connectivity index (χ0n) is 13.7. The Hall–Kier alpha value is -1.72. The third-order valence-corrected chi connectivity index (χ3v) is 5.96. The van der Waals surface area contributed by atoms with Gasteiger partial charge in [-0.15, -0.1) is 11.3 Å². The average Bonchev–Trinajstić information content (AvgIpc) is 3.15. The molecule has 0 aliphatic carbocycles. The quantitative estimate of drug-likeness (QED) is 0.736. The molecule has 4 rings (SSSR count). The van der Waals surface area contributed by atoms with Crippen molar-refractivity contribution in [2.45, 2.75) is 38.6 Å². The number of pyridine rings is 1. The molecule has 1 aliphatic heterocycles. The van der Waals surface area contributed by atoms with Crippen LogP contribution in [-0.2, 0) is 12.0 Å². The molecule has 1 fully saturated rings. The summed E-state index contributed by atoms with van der Waals surface area (Å²) in [4.78, 5) is 13.0. The summed E-state index contributed by atoms with van der Waals surface area (Å²) in [6, 6.07) is 4.18. The summed E-state index contributed by atoms with van der Waals surface area (Å²) >= 11 is 1.81. The molecule has 23 heavy (non-hydrogen) atoms. The number of aryl methyl sites for hydroxylation is 1. The van der Waals surface area contributed by atoms with Crippen LogP contribution in [0.2, 0.25) is 0 Å². The van der Waals surface area contributed by atoms with Crippen LogP contribution in [0.15, 0.2) is 36.1 Å². The molecule has 0 bridgehead atoms. The maximum absolute atomic E-state index is 4.90. The second-order valence-electron chi connectivity index (χ2n) is 6.78. The molecule has 3 aromatic heterocycles. The summed E-state index contributed by atoms with van der Waals surface area (Å²) in [5.74, 6) is 1.11. The average molecular weight is 326 g/mol. The molecule has 4 heterocycles. The molecular formula is C18H22N4S. The van der Waals surface area contributed by atoms with Crippen molar-refractivity contribution >= 4 is 16.2 Å². The van der Waals surface area contributed by atoms with E-state index in [0.717, 1.165) is 38.3 Å². The molecule has 0 aromatic carbocycles. The van der Waals surface area contributed by atoms with Crippen LogP contribution in [0.5, 0.6) is 0 Å². The molecule has 0 amide bonds. The van der Waals surface area contributed by atoms with E-state index in [4.69, 9.17) is 4.98 Å². The van der Waals surface area contributed by atoms with Crippen molar-refractivity contribution in [3.8, 4) is 0 Å². The zero-order valence-corrected chi connectivity index (χ0v) is 14.5. The Kier molecular flexibility index (Phi) is 3.70. The standard InChI is InChI=1S/C18H22N4S/c1-14-20-16(17-22(14)10-11-23-17)18(2)5-8-21(9-6-18)13-15-4-3-7-19-12-15/h3-4,7,10-12H,5-6,8-9,13H2,1-2H3. The normalized spacial score (nSPS) is 18.5. The van der Waals surface area contributed by atoms with Gasteiger partial charge in [0.15, 0.2) is 0 Å². The Morgan fingerprint density at radius 2 is 2.13 bits per heavy atom. The maximum atomic E-state index is 4.90. The fraction of sp³-hybridized carbons (Fsp3) is 0.444. The molecule has 0 radical (unpaired) electrons. The smallest absolute Gasteiger partial charge is 0.123 e. The molecule has 0 atom stereocenters. The molecule has 0 N–H and O–H groups in total. The van der Waals surface area contributed by atoms with Gasteiger partial charge in [0.05, 0.1) is 5.69 Å². The number of rotatable bonds is 3. The first-order valence-corrected chi connectivity index (χ1v) is 9.08. The minimum atomic E-state index is 0.190. The van der Waals surface area contributed by atoms with Crippen LogP contribution in [0, 0.1) is 6.92 Å². The largest absolute Gasteiger partial charge is 0.299 e. The lowest BCUT2D eigenvalue weighted by atomic mass is 9.78. The third-order valence-electron chi connectivity index (χ3n) is 5.09. The minimum Gasteiger partial charge on any atom is -0.299 e. The van der Waals surface area contributed by atoms with Crippen molar-refractivity contribution in [2.24, 2.45) is 0 Å². The van der Waals surface area contributed by atoms with E-state index in [2.05, 4.69) is 45.8 Å². The van der Waals surface area contributed by atoms with Gasteiger partial charge in [-0.05, 0) is 44.5 Å². The predicted octanol–water partition coefficient (Wildman–Crippen LogP) is 3.65. The van der Waals surface area contributed by atoms with Gasteiger partial charge in [-0.25, -0.2) is 4.98 Å². The topological polar surface area (TPSA) is 33.4 Å². The molecule has 1 saturated heterocycles. The van der Waals surface area contributed by atoms with Crippen LogP contribution in [0.4, 0.5) is 0 Å². The summed E-state index contributed by atoms with van der Waals surface area (Å²) in [5, 5.41) is 2.16. The number of piperidine rings is 1. The molecule has 120 valence electrons. The van der Waals surface area contributed by atoms with Crippen molar-refractivity contribution in [3.05, 3.63) is 53.2 Å². The highest BCUT2D eigenvalue weighted by Crippen LogP contribution is 2.38. The highest BCUT2D eigenvalue weighted by molar-refractivity contribution is 7.15. The summed E-state index contributed by atoms with van der Waals surface area (Å²) in [6.45, 7) is 7.73. The number of fused-ring (bicyclic) bond motifs is 1. The van der Waals surface area contributed by atoms with E-state index in [9.17, 15) is 0 Å². The van der Waals surface area contributed by atoms with Crippen LogP contribution >= 0.6 is 11.3 Å². The van der Waals surface area contributed by atoms with Crippen molar-refractivity contribution in [2.75, 3.05) is 13.1 Å². The fourth-order valence-electron chi connectivity index (χ4n) is 3.55. The van der Waals surface area contributed by atoms with Gasteiger partial charge in [0.25, 0.3) is 0 Å². The molecule has 0 unspecified atom stereocenters. The monoisotopic (exact) mass is 326 g/mol. The molecule has 1 aliphatic rings. The number of imidazole rings is 1. The number of nitrogens with zero attached hydrogens (tertiary/aromatic N) is 4. The van der Waals surface area contributed by atoms with Gasteiger partial charge in [0.1, 0.15) is 10.7 Å². The minimum absolute atomic E-state index is 0.190. The van der Waals surface area contributed by atoms with Gasteiger partial charge < -0.3 is 0 Å². The molecule has 3 aromatic rings. The lowest BCUT2D eigenvalue weighted by molar-refractivity contribution is 0.160. The number of likely N-dealkylation sites (tertiary alicyclic amines) is 1. The Morgan fingerprint density at radius 1 is 1.30 bits per heavy atom. The number of aromatic nitrogens is 3. The highest BCUT2D eigenvalue weighted by Gasteiger charge is 2.35. The first kappa shape index (κ1) is 14.8. The van der Waals surface area contributed by atoms with E-state index in [-0.39, 0.29) is 5.41 Å². The van der Waals surface area contributed by atoms with Crippen molar-refractivity contribution in [3.63, 3.8) is 0 Å². The predicted molar refractivity (Wildman–Crippen MR) is 93.9 cm³/mol. The lowest BCUT2D eigenvalue weighted by Crippen LogP contribution is -2.40. The van der Waals surface area contributed by atoms with Gasteiger partial charge in [-0.1, -0.05) is 13.0 Å². The Balaban J connectivity index is 1.51. The van der Waals surface area contributed by atoms with E-state index >= 15 is 0 Å². The first-order valence-electron chi connectivity index (χ1n) is 8.20. The molecular weight excluding hydrogens is 304 g/mol. The second-order valence-corrected chi connectivity index (χ2v) is 7.68. The number of thiazole rings is 1. The van der Waals surface area contributed by atoms with Crippen LogP contribution in [0.1, 0.15) is 36.8 Å². The van der Waals surface area contributed by atoms with Crippen molar-refractivity contribution < 1.29 is 0 Å². The van der Waals surface area contributed by atoms with Gasteiger partial charge in [0, 0.05) is 35.9 Å². The van der Waals surface area contributed by atoms with E-state index in [0.29, 0.717) is 0 Å². The summed E-state index contributed by atoms with van der Waals surface area (Å²) in [6.07, 6.45) is 8.27. The fourth-order valence-corrected chi connectivity index (χ4v) is 4.57. The Bertz CT molecular complexity index is 797. The van der Waals surface area contributed by atoms with Gasteiger partial charge >= 0.3 is 0 Å². The van der Waals surface area contributed by atoms with E-state index < -0.39 is 0 Å². The Labute approximate surface area is 140 Å². The molecule has 5 heteroatoms. The van der Waals surface area contributed by atoms with Crippen LogP contribution in [0.25, 0.3) is 4.83 Å². The highest BCUT2D eigenvalue weighted by atomic mass is 32.1. The van der Waals surface area contributed by atoms with E-state index in [1.807, 2.05) is 29.8 Å². The van der Waals surface area contributed by atoms with Gasteiger partial charge in [-0.3, -0.25) is 14.3 Å². The number of hydrogen-bond acceptors (Lipinski definition) is 4. The third kappa shape index (κ3) is 2.68. The number of hydrogen-bond donors (Lipinski definition) is 0. The lowest BCUT2D eigenvalue weighted by Gasteiger charge is -2.38. The van der Waals surface area contributed by atoms with E-state index in [1.54, 1.807) is 0 Å². The second kappa shape index (κ2) is 5.73. The molecule has 0 saturated carbocycles. The van der Waals surface area contributed by atoms with Crippen LogP contribution in [0.3, 0.4) is 0 Å². The van der Waals surface area contributed by atoms with E-state index in [1.165, 1.54) is 16.1 Å². The SMILES string of the molecule is Cc1nc(C2(C)CCN(Cc3cccnc3)CC2)c2sccn12. The van der Waals surface area contributed by atoms with Crippen LogP contribution in [-0.4, -0.2) is 32.4 Å². The summed E-state index contributed by atoms with van der Waals surface area (Å²) in [5.41, 5.74) is 2.79. The molecule has 0 spiro atoms. The van der Waals surface area contributed by atoms with Gasteiger partial charge in [-0.2, -0.15) is 0 Å². The Morgan fingerprint density at radius 3 is 2.87 bits per heavy atom. The van der Waals surface area contributed by atoms with Crippen molar-refractivity contribution in [1.29, 1.82) is 0 Å². The zero-order chi connectivity index (χ0) is 15.9. The van der Waals surface area contributed by atoms with Gasteiger partial charge in [0.2, 0.25) is 0 Å².